The third-order valence-corrected chi connectivity index (χ3v) is 4.08. The van der Waals surface area contributed by atoms with Gasteiger partial charge in [0.05, 0.1) is 16.3 Å². The molecule has 2 aromatic carbocycles. The van der Waals surface area contributed by atoms with Crippen LogP contribution in [0.2, 0.25) is 5.02 Å². The van der Waals surface area contributed by atoms with Crippen LogP contribution in [0.4, 0.5) is 18.9 Å². The average molecular weight is 379 g/mol. The highest BCUT2D eigenvalue weighted by Gasteiger charge is 2.30. The minimum Gasteiger partial charge on any atom is -0.377 e. The zero-order chi connectivity index (χ0) is 15.6. The van der Waals surface area contributed by atoms with E-state index in [4.69, 9.17) is 11.6 Å². The molecule has 2 rings (SSSR count). The summed E-state index contributed by atoms with van der Waals surface area (Å²) in [5.41, 5.74) is 0.702. The topological polar surface area (TPSA) is 12.0 Å². The highest BCUT2D eigenvalue weighted by atomic mass is 79.9. The third kappa shape index (κ3) is 3.92. The van der Waals surface area contributed by atoms with Crippen molar-refractivity contribution in [1.29, 1.82) is 0 Å². The second-order valence-electron chi connectivity index (χ2n) is 4.58. The molecule has 2 aromatic rings. The molecule has 0 bridgehead atoms. The quantitative estimate of drug-likeness (QED) is 0.661. The molecule has 0 radical (unpaired) electrons. The predicted molar refractivity (Wildman–Crippen MR) is 82.6 cm³/mol. The Balaban J connectivity index is 2.23. The van der Waals surface area contributed by atoms with Crippen LogP contribution in [0, 0.1) is 0 Å². The molecule has 0 saturated carbocycles. The molecule has 0 aliphatic rings. The first kappa shape index (κ1) is 16.2. The van der Waals surface area contributed by atoms with Gasteiger partial charge in [-0.3, -0.25) is 0 Å². The SMILES string of the molecule is CC(Nc1ccc(C(F)(F)F)cc1Cl)c1ccccc1Br. The summed E-state index contributed by atoms with van der Waals surface area (Å²) in [4.78, 5) is 0. The second kappa shape index (κ2) is 6.28. The molecule has 0 heterocycles. The summed E-state index contributed by atoms with van der Waals surface area (Å²) in [6.07, 6.45) is -4.39. The van der Waals surface area contributed by atoms with Gasteiger partial charge in [0.25, 0.3) is 0 Å². The van der Waals surface area contributed by atoms with E-state index in [2.05, 4.69) is 21.2 Å². The molecule has 0 fully saturated rings. The van der Waals surface area contributed by atoms with Crippen molar-refractivity contribution in [1.82, 2.24) is 0 Å². The Hall–Kier alpha value is -1.20. The zero-order valence-electron chi connectivity index (χ0n) is 11.0. The molecule has 0 aliphatic heterocycles. The van der Waals surface area contributed by atoms with Crippen LogP contribution in [0.15, 0.2) is 46.9 Å². The fraction of sp³-hybridized carbons (Fsp3) is 0.200. The van der Waals surface area contributed by atoms with Crippen LogP contribution in [0.3, 0.4) is 0 Å². The summed E-state index contributed by atoms with van der Waals surface area (Å²) in [6, 6.07) is 10.8. The van der Waals surface area contributed by atoms with Crippen molar-refractivity contribution in [3.63, 3.8) is 0 Å². The van der Waals surface area contributed by atoms with Crippen LogP contribution < -0.4 is 5.32 Å². The monoisotopic (exact) mass is 377 g/mol. The molecule has 0 amide bonds. The van der Waals surface area contributed by atoms with Crippen LogP contribution in [0.1, 0.15) is 24.1 Å². The van der Waals surface area contributed by atoms with Crippen molar-refractivity contribution in [2.45, 2.75) is 19.1 Å². The molecule has 0 spiro atoms. The van der Waals surface area contributed by atoms with Gasteiger partial charge in [-0.1, -0.05) is 45.7 Å². The molecular formula is C15H12BrClF3N. The van der Waals surface area contributed by atoms with Crippen molar-refractivity contribution in [3.8, 4) is 0 Å². The minimum absolute atomic E-state index is 0.0451. The molecule has 0 saturated heterocycles. The number of alkyl halides is 3. The lowest BCUT2D eigenvalue weighted by Gasteiger charge is -2.19. The van der Waals surface area contributed by atoms with Gasteiger partial charge >= 0.3 is 6.18 Å². The number of halogens is 5. The zero-order valence-corrected chi connectivity index (χ0v) is 13.4. The van der Waals surface area contributed by atoms with Gasteiger partial charge < -0.3 is 5.32 Å². The van der Waals surface area contributed by atoms with Crippen molar-refractivity contribution in [2.75, 3.05) is 5.32 Å². The lowest BCUT2D eigenvalue weighted by atomic mass is 10.1. The third-order valence-electron chi connectivity index (χ3n) is 3.04. The Bertz CT molecular complexity index is 643. The first-order valence-electron chi connectivity index (χ1n) is 6.16. The summed E-state index contributed by atoms with van der Waals surface area (Å²) < 4.78 is 38.7. The number of hydrogen-bond acceptors (Lipinski definition) is 1. The van der Waals surface area contributed by atoms with E-state index in [-0.39, 0.29) is 11.1 Å². The van der Waals surface area contributed by atoms with E-state index < -0.39 is 11.7 Å². The fourth-order valence-corrected chi connectivity index (χ4v) is 2.81. The second-order valence-corrected chi connectivity index (χ2v) is 5.84. The van der Waals surface area contributed by atoms with Crippen LogP contribution in [-0.2, 0) is 6.18 Å². The number of rotatable bonds is 3. The molecule has 1 nitrogen and oxygen atoms in total. The smallest absolute Gasteiger partial charge is 0.377 e. The van der Waals surface area contributed by atoms with E-state index in [1.807, 2.05) is 31.2 Å². The van der Waals surface area contributed by atoms with E-state index >= 15 is 0 Å². The van der Waals surface area contributed by atoms with Crippen molar-refractivity contribution in [2.24, 2.45) is 0 Å². The van der Waals surface area contributed by atoms with Crippen LogP contribution >= 0.6 is 27.5 Å². The molecule has 6 heteroatoms. The highest BCUT2D eigenvalue weighted by molar-refractivity contribution is 9.10. The van der Waals surface area contributed by atoms with Crippen molar-refractivity contribution >= 4 is 33.2 Å². The van der Waals surface area contributed by atoms with Gasteiger partial charge in [0.15, 0.2) is 0 Å². The summed E-state index contributed by atoms with van der Waals surface area (Å²) in [5, 5.41) is 3.16. The molecular weight excluding hydrogens is 367 g/mol. The van der Waals surface area contributed by atoms with Gasteiger partial charge in [0.2, 0.25) is 0 Å². The molecule has 1 unspecified atom stereocenters. The first-order valence-corrected chi connectivity index (χ1v) is 7.34. The summed E-state index contributed by atoms with van der Waals surface area (Å²) in [7, 11) is 0. The lowest BCUT2D eigenvalue weighted by molar-refractivity contribution is -0.137. The number of nitrogens with one attached hydrogen (secondary N) is 1. The van der Waals surface area contributed by atoms with Crippen molar-refractivity contribution < 1.29 is 13.2 Å². The van der Waals surface area contributed by atoms with E-state index in [0.717, 1.165) is 22.2 Å². The maximum Gasteiger partial charge on any atom is 0.416 e. The number of benzene rings is 2. The Morgan fingerprint density at radius 2 is 1.81 bits per heavy atom. The van der Waals surface area contributed by atoms with Crippen molar-refractivity contribution in [3.05, 3.63) is 63.1 Å². The molecule has 1 N–H and O–H groups in total. The average Bonchev–Trinajstić information content (AvgIpc) is 2.40. The standard InChI is InChI=1S/C15H12BrClF3N/c1-9(11-4-2-3-5-12(11)16)21-14-7-6-10(8-13(14)17)15(18,19)20/h2-9,21H,1H3. The molecule has 1 atom stereocenters. The van der Waals surface area contributed by atoms with E-state index in [1.54, 1.807) is 0 Å². The van der Waals surface area contributed by atoms with Crippen LogP contribution in [-0.4, -0.2) is 0 Å². The highest BCUT2D eigenvalue weighted by Crippen LogP contribution is 2.35. The van der Waals surface area contributed by atoms with Crippen LogP contribution in [0.25, 0.3) is 0 Å². The van der Waals surface area contributed by atoms with Gasteiger partial charge in [0.1, 0.15) is 0 Å². The fourth-order valence-electron chi connectivity index (χ4n) is 1.95. The summed E-state index contributed by atoms with van der Waals surface area (Å²) >= 11 is 9.38. The first-order chi connectivity index (χ1) is 9.79. The van der Waals surface area contributed by atoms with Gasteiger partial charge in [-0.15, -0.1) is 0 Å². The molecule has 112 valence electrons. The van der Waals surface area contributed by atoms with E-state index in [1.165, 1.54) is 6.07 Å². The predicted octanol–water partition coefficient (Wildman–Crippen LogP) is 6.29. The maximum absolute atomic E-state index is 12.6. The molecule has 21 heavy (non-hydrogen) atoms. The maximum atomic E-state index is 12.6. The van der Waals surface area contributed by atoms with Gasteiger partial charge in [-0.05, 0) is 36.8 Å². The minimum atomic E-state index is -4.39. The van der Waals surface area contributed by atoms with Crippen LogP contribution in [0.5, 0.6) is 0 Å². The van der Waals surface area contributed by atoms with Gasteiger partial charge in [0, 0.05) is 10.5 Å². The lowest BCUT2D eigenvalue weighted by Crippen LogP contribution is -2.09. The number of hydrogen-bond donors (Lipinski definition) is 1. The Labute approximate surface area is 134 Å². The van der Waals surface area contributed by atoms with Gasteiger partial charge in [-0.25, -0.2) is 0 Å². The number of anilines is 1. The normalized spacial score (nSPS) is 13.0. The van der Waals surface area contributed by atoms with E-state index in [9.17, 15) is 13.2 Å². The Morgan fingerprint density at radius 3 is 2.38 bits per heavy atom. The van der Waals surface area contributed by atoms with Gasteiger partial charge in [-0.2, -0.15) is 13.2 Å². The molecule has 0 aromatic heterocycles. The Morgan fingerprint density at radius 1 is 1.14 bits per heavy atom. The summed E-state index contributed by atoms with van der Waals surface area (Å²) in [6.45, 7) is 1.91. The molecule has 0 aliphatic carbocycles. The van der Waals surface area contributed by atoms with E-state index in [0.29, 0.717) is 5.69 Å². The Kier molecular flexibility index (Phi) is 4.84. The largest absolute Gasteiger partial charge is 0.416 e. The summed E-state index contributed by atoms with van der Waals surface area (Å²) in [5.74, 6) is 0.